The Bertz CT molecular complexity index is 1020. The average molecular weight is 365 g/mol. The minimum Gasteiger partial charge on any atom is -0.505 e. The molecule has 0 spiro atoms. The van der Waals surface area contributed by atoms with E-state index in [1.165, 1.54) is 11.8 Å². The molecule has 2 aromatic carbocycles. The fourth-order valence-electron chi connectivity index (χ4n) is 3.17. The number of carbonyl (C=O) groups excluding carboxylic acids is 2. The van der Waals surface area contributed by atoms with Crippen LogP contribution in [0.5, 0.6) is 5.75 Å². The molecule has 1 aromatic heterocycles. The zero-order valence-electron chi connectivity index (χ0n) is 16.0. The van der Waals surface area contributed by atoms with Crippen LogP contribution in [0.25, 0.3) is 11.0 Å². The molecule has 0 radical (unpaired) electrons. The number of aryl methyl sites for hydroxylation is 2. The quantitative estimate of drug-likeness (QED) is 0.703. The van der Waals surface area contributed by atoms with E-state index in [0.717, 1.165) is 11.3 Å². The highest BCUT2D eigenvalue weighted by molar-refractivity contribution is 5.99. The third-order valence-corrected chi connectivity index (χ3v) is 4.99. The van der Waals surface area contributed by atoms with Crippen LogP contribution in [0.1, 0.15) is 35.1 Å². The number of carbonyl (C=O) groups is 2. The van der Waals surface area contributed by atoms with Crippen molar-refractivity contribution in [3.05, 3.63) is 53.3 Å². The van der Waals surface area contributed by atoms with E-state index in [9.17, 15) is 14.7 Å². The van der Waals surface area contributed by atoms with E-state index in [4.69, 9.17) is 0 Å². The third kappa shape index (κ3) is 3.43. The Hall–Kier alpha value is -3.15. The Kier molecular flexibility index (Phi) is 4.99. The van der Waals surface area contributed by atoms with E-state index < -0.39 is 0 Å². The number of hydrogen-bond acceptors (Lipinski definition) is 4. The average Bonchev–Trinajstić information content (AvgIpc) is 2.95. The highest BCUT2D eigenvalue weighted by Crippen LogP contribution is 2.37. The molecule has 27 heavy (non-hydrogen) atoms. The molecule has 140 valence electrons. The summed E-state index contributed by atoms with van der Waals surface area (Å²) < 4.78 is 1.87. The summed E-state index contributed by atoms with van der Waals surface area (Å²) in [5, 5.41) is 10.9. The molecular formula is C21H23N3O3. The molecule has 0 aliphatic carbocycles. The lowest BCUT2D eigenvalue weighted by Gasteiger charge is -2.20. The van der Waals surface area contributed by atoms with Crippen molar-refractivity contribution in [2.75, 3.05) is 11.9 Å². The Labute approximate surface area is 158 Å². The van der Waals surface area contributed by atoms with Gasteiger partial charge in [0.15, 0.2) is 5.78 Å². The summed E-state index contributed by atoms with van der Waals surface area (Å²) in [6.07, 6.45) is 0.547. The predicted octanol–water partition coefficient (Wildman–Crippen LogP) is 3.39. The maximum Gasteiger partial charge on any atom is 0.223 e. The fraction of sp³-hybridized carbons (Fsp3) is 0.286. The van der Waals surface area contributed by atoms with Crippen molar-refractivity contribution in [3.63, 3.8) is 0 Å². The Morgan fingerprint density at radius 3 is 2.52 bits per heavy atom. The summed E-state index contributed by atoms with van der Waals surface area (Å²) >= 11 is 0. The number of ketones is 1. The molecule has 0 unspecified atom stereocenters. The van der Waals surface area contributed by atoms with Gasteiger partial charge in [-0.05, 0) is 19.4 Å². The van der Waals surface area contributed by atoms with Crippen molar-refractivity contribution in [1.29, 1.82) is 0 Å². The summed E-state index contributed by atoms with van der Waals surface area (Å²) in [5.41, 5.74) is 3.01. The summed E-state index contributed by atoms with van der Waals surface area (Å²) in [4.78, 5) is 30.4. The van der Waals surface area contributed by atoms with Gasteiger partial charge in [0.25, 0.3) is 0 Å². The third-order valence-electron chi connectivity index (χ3n) is 4.99. The SMILES string of the molecule is CC(=O)N(C)c1cc2c(nc(C)n2C)c(O)c1CCC(=O)c1ccccc1. The summed E-state index contributed by atoms with van der Waals surface area (Å²) in [7, 11) is 3.52. The number of phenolic OH excluding ortho intramolecular Hbond substituents is 1. The molecule has 3 rings (SSSR count). The van der Waals surface area contributed by atoms with E-state index in [0.29, 0.717) is 28.8 Å². The van der Waals surface area contributed by atoms with Crippen LogP contribution in [0.15, 0.2) is 36.4 Å². The van der Waals surface area contributed by atoms with Crippen LogP contribution in [0.4, 0.5) is 5.69 Å². The minimum absolute atomic E-state index is 0.0104. The molecule has 1 N–H and O–H groups in total. The van der Waals surface area contributed by atoms with Gasteiger partial charge < -0.3 is 14.6 Å². The van der Waals surface area contributed by atoms with Crippen LogP contribution in [0.2, 0.25) is 0 Å². The number of nitrogens with zero attached hydrogens (tertiary/aromatic N) is 3. The van der Waals surface area contributed by atoms with Crippen molar-refractivity contribution in [2.45, 2.75) is 26.7 Å². The van der Waals surface area contributed by atoms with Crippen molar-refractivity contribution >= 4 is 28.4 Å². The molecular weight excluding hydrogens is 342 g/mol. The second kappa shape index (κ2) is 7.23. The molecule has 6 nitrogen and oxygen atoms in total. The normalized spacial score (nSPS) is 11.0. The summed E-state index contributed by atoms with van der Waals surface area (Å²) in [5.74, 6) is 0.626. The van der Waals surface area contributed by atoms with Gasteiger partial charge in [0.2, 0.25) is 5.91 Å². The second-order valence-electron chi connectivity index (χ2n) is 6.68. The lowest BCUT2D eigenvalue weighted by molar-refractivity contribution is -0.116. The highest BCUT2D eigenvalue weighted by Gasteiger charge is 2.21. The maximum absolute atomic E-state index is 12.5. The largest absolute Gasteiger partial charge is 0.505 e. The minimum atomic E-state index is -0.150. The van der Waals surface area contributed by atoms with Crippen molar-refractivity contribution in [3.8, 4) is 5.75 Å². The first-order valence-corrected chi connectivity index (χ1v) is 8.81. The van der Waals surface area contributed by atoms with Crippen molar-refractivity contribution in [2.24, 2.45) is 7.05 Å². The Balaban J connectivity index is 2.04. The van der Waals surface area contributed by atoms with Crippen molar-refractivity contribution in [1.82, 2.24) is 9.55 Å². The van der Waals surface area contributed by atoms with Crippen LogP contribution < -0.4 is 4.90 Å². The van der Waals surface area contributed by atoms with Gasteiger partial charge in [0, 0.05) is 38.6 Å². The maximum atomic E-state index is 12.5. The lowest BCUT2D eigenvalue weighted by Crippen LogP contribution is -2.24. The predicted molar refractivity (Wildman–Crippen MR) is 105 cm³/mol. The number of aromatic nitrogens is 2. The number of benzene rings is 2. The number of amides is 1. The van der Waals surface area contributed by atoms with Crippen molar-refractivity contribution < 1.29 is 14.7 Å². The van der Waals surface area contributed by atoms with Gasteiger partial charge in [-0.25, -0.2) is 4.98 Å². The number of phenols is 1. The molecule has 1 heterocycles. The van der Waals surface area contributed by atoms with E-state index in [-0.39, 0.29) is 23.9 Å². The lowest BCUT2D eigenvalue weighted by atomic mass is 9.99. The Morgan fingerprint density at radius 1 is 1.22 bits per heavy atom. The highest BCUT2D eigenvalue weighted by atomic mass is 16.3. The van der Waals surface area contributed by atoms with Crippen LogP contribution in [0.3, 0.4) is 0 Å². The van der Waals surface area contributed by atoms with Crippen LogP contribution in [-0.2, 0) is 18.3 Å². The fourth-order valence-corrected chi connectivity index (χ4v) is 3.17. The molecule has 0 saturated heterocycles. The smallest absolute Gasteiger partial charge is 0.223 e. The molecule has 0 fully saturated rings. The second-order valence-corrected chi connectivity index (χ2v) is 6.68. The first-order valence-electron chi connectivity index (χ1n) is 8.81. The van der Waals surface area contributed by atoms with E-state index in [2.05, 4.69) is 4.98 Å². The molecule has 1 amide bonds. The number of aromatic hydroxyl groups is 1. The van der Waals surface area contributed by atoms with E-state index >= 15 is 0 Å². The number of rotatable bonds is 5. The standard InChI is InChI=1S/C21H23N3O3/c1-13-22-20-18(23(13)3)12-17(24(4)14(2)25)16(21(20)27)10-11-19(26)15-8-6-5-7-9-15/h5-9,12,27H,10-11H2,1-4H3. The monoisotopic (exact) mass is 365 g/mol. The van der Waals surface area contributed by atoms with Gasteiger partial charge in [-0.1, -0.05) is 30.3 Å². The van der Waals surface area contributed by atoms with E-state index in [1.54, 1.807) is 19.2 Å². The van der Waals surface area contributed by atoms with Gasteiger partial charge >= 0.3 is 0 Å². The van der Waals surface area contributed by atoms with Gasteiger partial charge in [0.05, 0.1) is 11.2 Å². The Morgan fingerprint density at radius 2 is 1.89 bits per heavy atom. The first kappa shape index (κ1) is 18.6. The summed E-state index contributed by atoms with van der Waals surface area (Å²) in [6.45, 7) is 3.32. The molecule has 0 atom stereocenters. The van der Waals surface area contributed by atoms with Crippen LogP contribution in [0, 0.1) is 6.92 Å². The number of anilines is 1. The zero-order valence-corrected chi connectivity index (χ0v) is 16.0. The number of Topliss-reactive ketones (excluding diaryl/α,β-unsaturated/α-hetero) is 1. The molecule has 6 heteroatoms. The van der Waals surface area contributed by atoms with Gasteiger partial charge in [-0.2, -0.15) is 0 Å². The molecule has 0 saturated carbocycles. The zero-order chi connectivity index (χ0) is 19.7. The number of imidazole rings is 1. The van der Waals surface area contributed by atoms with Gasteiger partial charge in [-0.15, -0.1) is 0 Å². The molecule has 0 bridgehead atoms. The molecule has 0 aliphatic rings. The summed E-state index contributed by atoms with van der Waals surface area (Å²) in [6, 6.07) is 10.9. The van der Waals surface area contributed by atoms with Gasteiger partial charge in [0.1, 0.15) is 17.1 Å². The molecule has 0 aliphatic heterocycles. The number of hydrogen-bond donors (Lipinski definition) is 1. The molecule has 3 aromatic rings. The topological polar surface area (TPSA) is 75.4 Å². The van der Waals surface area contributed by atoms with Crippen LogP contribution >= 0.6 is 0 Å². The van der Waals surface area contributed by atoms with Crippen LogP contribution in [-0.4, -0.2) is 33.4 Å². The number of fused-ring (bicyclic) bond motifs is 1. The first-order chi connectivity index (χ1) is 12.8. The van der Waals surface area contributed by atoms with E-state index in [1.807, 2.05) is 42.8 Å². The van der Waals surface area contributed by atoms with Gasteiger partial charge in [-0.3, -0.25) is 9.59 Å².